The summed E-state index contributed by atoms with van der Waals surface area (Å²) in [5.41, 5.74) is 5.07. The first-order chi connectivity index (χ1) is 14.9. The molecule has 6 rings (SSSR count). The van der Waals surface area contributed by atoms with E-state index in [2.05, 4.69) is 121 Å². The molecule has 0 aromatic heterocycles. The van der Waals surface area contributed by atoms with Crippen molar-refractivity contribution in [3.05, 3.63) is 121 Å². The Bertz CT molecular complexity index is 1510. The van der Waals surface area contributed by atoms with Crippen LogP contribution in [0.3, 0.4) is 0 Å². The normalized spacial score (nSPS) is 11.3. The summed E-state index contributed by atoms with van der Waals surface area (Å²) in [4.78, 5) is 0. The molecule has 0 radical (unpaired) electrons. The van der Waals surface area contributed by atoms with Crippen LogP contribution in [0, 0.1) is 0 Å². The van der Waals surface area contributed by atoms with Crippen molar-refractivity contribution in [2.24, 2.45) is 0 Å². The Morgan fingerprint density at radius 3 is 1.50 bits per heavy atom. The molecule has 6 aromatic rings. The van der Waals surface area contributed by atoms with Gasteiger partial charge in [-0.25, -0.2) is 0 Å². The highest BCUT2D eigenvalue weighted by molar-refractivity contribution is 6.26. The number of fused-ring (bicyclic) bond motifs is 5. The van der Waals surface area contributed by atoms with E-state index in [-0.39, 0.29) is 0 Å². The van der Waals surface area contributed by atoms with Gasteiger partial charge in [0.15, 0.2) is 0 Å². The molecule has 0 spiro atoms. The zero-order valence-corrected chi connectivity index (χ0v) is 16.5. The Kier molecular flexibility index (Phi) is 3.89. The monoisotopic (exact) mass is 380 g/mol. The van der Waals surface area contributed by atoms with Crippen molar-refractivity contribution in [3.63, 3.8) is 0 Å². The van der Waals surface area contributed by atoms with Crippen LogP contribution in [-0.2, 0) is 0 Å². The van der Waals surface area contributed by atoms with Crippen molar-refractivity contribution in [1.82, 2.24) is 0 Å². The van der Waals surface area contributed by atoms with E-state index >= 15 is 0 Å². The zero-order chi connectivity index (χ0) is 19.9. The lowest BCUT2D eigenvalue weighted by Crippen LogP contribution is -1.89. The molecule has 30 heavy (non-hydrogen) atoms. The molecule has 140 valence electrons. The van der Waals surface area contributed by atoms with Crippen molar-refractivity contribution >= 4 is 32.3 Å². The third-order valence-corrected chi connectivity index (χ3v) is 6.03. The van der Waals surface area contributed by atoms with Gasteiger partial charge in [0.25, 0.3) is 0 Å². The van der Waals surface area contributed by atoms with Crippen molar-refractivity contribution in [2.45, 2.75) is 0 Å². The number of rotatable bonds is 2. The van der Waals surface area contributed by atoms with Crippen molar-refractivity contribution < 1.29 is 0 Å². The maximum atomic E-state index is 2.39. The summed E-state index contributed by atoms with van der Waals surface area (Å²) in [5, 5.41) is 7.83. The summed E-state index contributed by atoms with van der Waals surface area (Å²) < 4.78 is 0. The van der Waals surface area contributed by atoms with Crippen LogP contribution < -0.4 is 0 Å². The highest BCUT2D eigenvalue weighted by Gasteiger charge is 2.14. The van der Waals surface area contributed by atoms with Gasteiger partial charge in [0.05, 0.1) is 0 Å². The van der Waals surface area contributed by atoms with Gasteiger partial charge in [-0.05, 0) is 66.7 Å². The second kappa shape index (κ2) is 6.86. The molecule has 0 aliphatic carbocycles. The molecule has 0 heterocycles. The third kappa shape index (κ3) is 2.62. The minimum atomic E-state index is 1.25. The zero-order valence-electron chi connectivity index (χ0n) is 16.5. The predicted octanol–water partition coefficient (Wildman–Crippen LogP) is 8.48. The summed E-state index contributed by atoms with van der Waals surface area (Å²) >= 11 is 0. The van der Waals surface area contributed by atoms with Gasteiger partial charge in [-0.2, -0.15) is 0 Å². The van der Waals surface area contributed by atoms with Crippen LogP contribution in [0.5, 0.6) is 0 Å². The summed E-state index contributed by atoms with van der Waals surface area (Å²) in [6.07, 6.45) is 0. The Hall–Kier alpha value is -3.90. The van der Waals surface area contributed by atoms with E-state index < -0.39 is 0 Å². The Morgan fingerprint density at radius 2 is 0.833 bits per heavy atom. The number of hydrogen-bond donors (Lipinski definition) is 0. The van der Waals surface area contributed by atoms with Crippen LogP contribution in [0.2, 0.25) is 0 Å². The van der Waals surface area contributed by atoms with Crippen molar-refractivity contribution in [3.8, 4) is 22.3 Å². The van der Waals surface area contributed by atoms with Gasteiger partial charge >= 0.3 is 0 Å². The second-order valence-electron chi connectivity index (χ2n) is 7.77. The van der Waals surface area contributed by atoms with Crippen LogP contribution in [0.25, 0.3) is 54.6 Å². The fraction of sp³-hybridized carbons (Fsp3) is 0. The SMILES string of the molecule is c1ccc(-c2cc3c(-c4ccccc4)cc4ccccc4c3c3ccccc23)cc1. The van der Waals surface area contributed by atoms with E-state index in [1.165, 1.54) is 54.6 Å². The summed E-state index contributed by atoms with van der Waals surface area (Å²) in [5.74, 6) is 0. The molecule has 0 N–H and O–H groups in total. The quantitative estimate of drug-likeness (QED) is 0.264. The average Bonchev–Trinajstić information content (AvgIpc) is 2.84. The average molecular weight is 380 g/mol. The minimum Gasteiger partial charge on any atom is -0.0622 e. The van der Waals surface area contributed by atoms with E-state index in [0.717, 1.165) is 0 Å². The molecule has 0 saturated carbocycles. The first-order valence-electron chi connectivity index (χ1n) is 10.4. The van der Waals surface area contributed by atoms with Gasteiger partial charge in [0.1, 0.15) is 0 Å². The standard InChI is InChI=1S/C30H20/c1-3-11-21(12-4-1)27-19-23-15-7-8-16-24(23)30-26-18-10-9-17-25(26)28(20-29(27)30)22-13-5-2-6-14-22/h1-20H. The molecule has 0 heteroatoms. The van der Waals surface area contributed by atoms with Crippen molar-refractivity contribution in [1.29, 1.82) is 0 Å². The Morgan fingerprint density at radius 1 is 0.333 bits per heavy atom. The Balaban J connectivity index is 1.87. The first kappa shape index (κ1) is 17.0. The van der Waals surface area contributed by atoms with E-state index in [4.69, 9.17) is 0 Å². The first-order valence-corrected chi connectivity index (χ1v) is 10.4. The summed E-state index contributed by atoms with van der Waals surface area (Å²) in [6, 6.07) is 43.8. The fourth-order valence-corrected chi connectivity index (χ4v) is 4.67. The van der Waals surface area contributed by atoms with Crippen LogP contribution in [0.4, 0.5) is 0 Å². The molecule has 0 saturated heterocycles. The summed E-state index contributed by atoms with van der Waals surface area (Å²) in [6.45, 7) is 0. The smallest absolute Gasteiger partial charge is 0.00201 e. The molecule has 6 aromatic carbocycles. The largest absolute Gasteiger partial charge is 0.0622 e. The van der Waals surface area contributed by atoms with Gasteiger partial charge in [0.2, 0.25) is 0 Å². The van der Waals surface area contributed by atoms with Gasteiger partial charge < -0.3 is 0 Å². The van der Waals surface area contributed by atoms with Gasteiger partial charge in [-0.15, -0.1) is 0 Å². The molecule has 0 amide bonds. The van der Waals surface area contributed by atoms with Gasteiger partial charge in [0, 0.05) is 0 Å². The molecule has 0 atom stereocenters. The third-order valence-electron chi connectivity index (χ3n) is 6.03. The van der Waals surface area contributed by atoms with Crippen LogP contribution in [0.1, 0.15) is 0 Å². The second-order valence-corrected chi connectivity index (χ2v) is 7.77. The Labute approximate surface area is 176 Å². The molecule has 0 aliphatic rings. The van der Waals surface area contributed by atoms with Gasteiger partial charge in [-0.1, -0.05) is 109 Å². The summed E-state index contributed by atoms with van der Waals surface area (Å²) in [7, 11) is 0. The lowest BCUT2D eigenvalue weighted by molar-refractivity contribution is 1.65. The van der Waals surface area contributed by atoms with E-state index in [1.807, 2.05) is 0 Å². The van der Waals surface area contributed by atoms with Gasteiger partial charge in [-0.3, -0.25) is 0 Å². The molecule has 0 unspecified atom stereocenters. The van der Waals surface area contributed by atoms with Crippen molar-refractivity contribution in [2.75, 3.05) is 0 Å². The lowest BCUT2D eigenvalue weighted by atomic mass is 9.87. The maximum absolute atomic E-state index is 2.39. The highest BCUT2D eigenvalue weighted by Crippen LogP contribution is 2.42. The molecule has 0 nitrogen and oxygen atoms in total. The van der Waals surface area contributed by atoms with E-state index in [1.54, 1.807) is 0 Å². The predicted molar refractivity (Wildman–Crippen MR) is 130 cm³/mol. The number of hydrogen-bond acceptors (Lipinski definition) is 0. The minimum absolute atomic E-state index is 1.25. The molecule has 0 fully saturated rings. The van der Waals surface area contributed by atoms with Crippen LogP contribution in [-0.4, -0.2) is 0 Å². The molecular formula is C30H20. The highest BCUT2D eigenvalue weighted by atomic mass is 14.2. The molecular weight excluding hydrogens is 360 g/mol. The molecule has 0 aliphatic heterocycles. The number of benzene rings is 6. The fourth-order valence-electron chi connectivity index (χ4n) is 4.67. The van der Waals surface area contributed by atoms with E-state index in [0.29, 0.717) is 0 Å². The topological polar surface area (TPSA) is 0 Å². The van der Waals surface area contributed by atoms with Crippen LogP contribution in [0.15, 0.2) is 121 Å². The van der Waals surface area contributed by atoms with Crippen LogP contribution >= 0.6 is 0 Å². The molecule has 0 bridgehead atoms. The van der Waals surface area contributed by atoms with E-state index in [9.17, 15) is 0 Å². The lowest BCUT2D eigenvalue weighted by Gasteiger charge is -2.16. The maximum Gasteiger partial charge on any atom is -0.00201 e.